The minimum atomic E-state index is -0.572. The molecule has 1 aromatic heterocycles. The number of hydrogen-bond acceptors (Lipinski definition) is 8. The van der Waals surface area contributed by atoms with Crippen molar-refractivity contribution in [2.45, 2.75) is 64.9 Å². The molecule has 9 heteroatoms. The van der Waals surface area contributed by atoms with E-state index in [0.717, 1.165) is 35.3 Å². The van der Waals surface area contributed by atoms with E-state index in [2.05, 4.69) is 31.3 Å². The summed E-state index contributed by atoms with van der Waals surface area (Å²) < 4.78 is 19.9. The number of allylic oxidation sites excluding steroid dienone is 1. The lowest BCUT2D eigenvalue weighted by Crippen LogP contribution is -2.29. The molecule has 0 saturated carbocycles. The van der Waals surface area contributed by atoms with Crippen LogP contribution in [0.4, 0.5) is 5.95 Å². The number of fused-ring (bicyclic) bond motifs is 1. The highest BCUT2D eigenvalue weighted by Gasteiger charge is 2.36. The summed E-state index contributed by atoms with van der Waals surface area (Å²) in [4.78, 5) is 18.5. The van der Waals surface area contributed by atoms with Gasteiger partial charge in [0.25, 0.3) is 0 Å². The highest BCUT2D eigenvalue weighted by Crippen LogP contribution is 2.40. The molecule has 43 heavy (non-hydrogen) atoms. The van der Waals surface area contributed by atoms with Crippen LogP contribution < -0.4 is 14.8 Å². The largest absolute Gasteiger partial charge is 0.490 e. The first-order valence-electron chi connectivity index (χ1n) is 14.7. The Balaban J connectivity index is 1.48. The van der Waals surface area contributed by atoms with Crippen molar-refractivity contribution in [1.29, 1.82) is 0 Å². The Morgan fingerprint density at radius 2 is 1.74 bits per heavy atom. The van der Waals surface area contributed by atoms with E-state index in [-0.39, 0.29) is 6.61 Å². The molecule has 0 bridgehead atoms. The number of ether oxygens (including phenoxy) is 3. The molecule has 1 N–H and O–H groups in total. The lowest BCUT2D eigenvalue weighted by molar-refractivity contribution is -0.140. The van der Waals surface area contributed by atoms with Crippen molar-refractivity contribution in [3.8, 4) is 11.5 Å². The van der Waals surface area contributed by atoms with Crippen LogP contribution in [-0.4, -0.2) is 33.1 Å². The number of aryl methyl sites for hydroxylation is 1. The van der Waals surface area contributed by atoms with Crippen molar-refractivity contribution < 1.29 is 19.0 Å². The maximum atomic E-state index is 13.7. The summed E-state index contributed by atoms with van der Waals surface area (Å²) in [5, 5.41) is 8.80. The number of unbranched alkanes of at least 4 members (excludes halogenated alkanes) is 1. The Hall–Kier alpha value is -4.24. The molecule has 0 amide bonds. The van der Waals surface area contributed by atoms with Gasteiger partial charge in [0.15, 0.2) is 11.5 Å². The third-order valence-corrected chi connectivity index (χ3v) is 7.98. The molecule has 1 aliphatic heterocycles. The molecular formula is C34H38N4O4S. The van der Waals surface area contributed by atoms with E-state index < -0.39 is 12.0 Å². The minimum absolute atomic E-state index is 0.168. The van der Waals surface area contributed by atoms with E-state index >= 15 is 0 Å². The Kier molecular flexibility index (Phi) is 10.0. The van der Waals surface area contributed by atoms with E-state index in [0.29, 0.717) is 47.1 Å². The molecule has 4 aromatic rings. The van der Waals surface area contributed by atoms with Crippen LogP contribution in [0.5, 0.6) is 11.5 Å². The molecule has 3 aromatic carbocycles. The van der Waals surface area contributed by atoms with Crippen LogP contribution in [0.25, 0.3) is 0 Å². The number of aromatic nitrogens is 3. The highest BCUT2D eigenvalue weighted by molar-refractivity contribution is 7.99. The van der Waals surface area contributed by atoms with E-state index in [9.17, 15) is 4.79 Å². The number of thioether (sulfide) groups is 1. The predicted octanol–water partition coefficient (Wildman–Crippen LogP) is 7.49. The fraction of sp³-hybridized carbons (Fsp3) is 0.324. The SMILES string of the molecule is CCCCSc1nc2n(n1)C(c1ccc(OCc3cccc(C)c3)c(OCC)c1)C(C(=O)OCc1ccccc1)=C(C)N2. The first-order chi connectivity index (χ1) is 21.0. The molecule has 1 aliphatic rings. The van der Waals surface area contributed by atoms with Crippen LogP contribution >= 0.6 is 11.8 Å². The minimum Gasteiger partial charge on any atom is -0.490 e. The number of nitrogens with one attached hydrogen (secondary N) is 1. The monoisotopic (exact) mass is 598 g/mol. The molecule has 1 unspecified atom stereocenters. The molecule has 0 saturated heterocycles. The van der Waals surface area contributed by atoms with Gasteiger partial charge in [-0.3, -0.25) is 0 Å². The van der Waals surface area contributed by atoms with Gasteiger partial charge >= 0.3 is 5.97 Å². The second kappa shape index (κ2) is 14.3. The van der Waals surface area contributed by atoms with Gasteiger partial charge in [-0.15, -0.1) is 5.10 Å². The first-order valence-corrected chi connectivity index (χ1v) is 15.7. The van der Waals surface area contributed by atoms with Crippen molar-refractivity contribution >= 4 is 23.7 Å². The Bertz CT molecular complexity index is 1580. The van der Waals surface area contributed by atoms with Crippen LogP contribution in [0.15, 0.2) is 89.2 Å². The fourth-order valence-electron chi connectivity index (χ4n) is 4.92. The third-order valence-electron chi connectivity index (χ3n) is 7.06. The summed E-state index contributed by atoms with van der Waals surface area (Å²) in [5.74, 6) is 2.31. The maximum Gasteiger partial charge on any atom is 0.338 e. The van der Waals surface area contributed by atoms with E-state index in [1.165, 1.54) is 5.56 Å². The normalized spacial score (nSPS) is 14.2. The topological polar surface area (TPSA) is 87.5 Å². The number of carbonyl (C=O) groups is 1. The molecule has 224 valence electrons. The summed E-state index contributed by atoms with van der Waals surface area (Å²) in [7, 11) is 0. The number of esters is 1. The zero-order valence-electron chi connectivity index (χ0n) is 25.1. The Labute approximate surface area is 257 Å². The van der Waals surface area contributed by atoms with Crippen molar-refractivity contribution in [1.82, 2.24) is 14.8 Å². The summed E-state index contributed by atoms with van der Waals surface area (Å²) in [5.41, 5.74) is 5.12. The maximum absolute atomic E-state index is 13.7. The Morgan fingerprint density at radius 3 is 2.51 bits per heavy atom. The lowest BCUT2D eigenvalue weighted by atomic mass is 9.95. The van der Waals surface area contributed by atoms with Gasteiger partial charge in [0.1, 0.15) is 19.3 Å². The number of anilines is 1. The molecule has 5 rings (SSSR count). The molecule has 2 heterocycles. The molecular weight excluding hydrogens is 560 g/mol. The number of hydrogen-bond donors (Lipinski definition) is 1. The quantitative estimate of drug-likeness (QED) is 0.0962. The lowest BCUT2D eigenvalue weighted by Gasteiger charge is -2.28. The Morgan fingerprint density at radius 1 is 0.930 bits per heavy atom. The molecule has 0 spiro atoms. The summed E-state index contributed by atoms with van der Waals surface area (Å²) in [6.07, 6.45) is 2.17. The van der Waals surface area contributed by atoms with E-state index in [1.54, 1.807) is 16.4 Å². The third kappa shape index (κ3) is 7.40. The highest BCUT2D eigenvalue weighted by atomic mass is 32.2. The zero-order valence-corrected chi connectivity index (χ0v) is 25.9. The average Bonchev–Trinajstić information content (AvgIpc) is 3.41. The molecule has 8 nitrogen and oxygen atoms in total. The van der Waals surface area contributed by atoms with Crippen molar-refractivity contribution in [2.75, 3.05) is 17.7 Å². The fourth-order valence-corrected chi connectivity index (χ4v) is 5.83. The summed E-state index contributed by atoms with van der Waals surface area (Å²) in [6, 6.07) is 23.1. The number of rotatable bonds is 13. The second-order valence-corrected chi connectivity index (χ2v) is 11.5. The van der Waals surface area contributed by atoms with Gasteiger partial charge in [-0.05, 0) is 56.0 Å². The number of nitrogens with zero attached hydrogens (tertiary/aromatic N) is 3. The van der Waals surface area contributed by atoms with Gasteiger partial charge in [-0.25, -0.2) is 9.48 Å². The molecule has 1 atom stereocenters. The van der Waals surface area contributed by atoms with Crippen molar-refractivity contribution in [2.24, 2.45) is 0 Å². The van der Waals surface area contributed by atoms with Crippen LogP contribution in [0.3, 0.4) is 0 Å². The smallest absolute Gasteiger partial charge is 0.338 e. The number of carbonyl (C=O) groups excluding carboxylic acids is 1. The molecule has 0 radical (unpaired) electrons. The van der Waals surface area contributed by atoms with Crippen LogP contribution in [0.2, 0.25) is 0 Å². The van der Waals surface area contributed by atoms with E-state index in [4.69, 9.17) is 24.3 Å². The summed E-state index contributed by atoms with van der Waals surface area (Å²) in [6.45, 7) is 9.08. The van der Waals surface area contributed by atoms with Gasteiger partial charge in [-0.2, -0.15) is 4.98 Å². The van der Waals surface area contributed by atoms with Gasteiger partial charge in [0.05, 0.1) is 12.2 Å². The van der Waals surface area contributed by atoms with E-state index in [1.807, 2.05) is 74.5 Å². The standard InChI is InChI=1S/C34H38N4O4S/c1-5-7-18-43-34-36-33-35-24(4)30(32(39)42-21-25-13-9-8-10-14-25)31(38(33)37-34)27-16-17-28(29(20-27)40-6-2)41-22-26-15-11-12-23(3)19-26/h8-17,19-20,31H,5-7,18,21-22H2,1-4H3,(H,35,36,37). The second-order valence-electron chi connectivity index (χ2n) is 10.4. The molecule has 0 aliphatic carbocycles. The first kappa shape index (κ1) is 30.2. The zero-order chi connectivity index (χ0) is 30.2. The average molecular weight is 599 g/mol. The number of benzene rings is 3. The molecule has 0 fully saturated rings. The van der Waals surface area contributed by atoms with Gasteiger partial charge < -0.3 is 19.5 Å². The van der Waals surface area contributed by atoms with Crippen LogP contribution in [-0.2, 0) is 22.7 Å². The van der Waals surface area contributed by atoms with Crippen molar-refractivity contribution in [3.05, 3.63) is 106 Å². The van der Waals surface area contributed by atoms with Crippen molar-refractivity contribution in [3.63, 3.8) is 0 Å². The van der Waals surface area contributed by atoms with Crippen LogP contribution in [0, 0.1) is 6.92 Å². The van der Waals surface area contributed by atoms with Gasteiger partial charge in [-0.1, -0.05) is 91.3 Å². The summed E-state index contributed by atoms with van der Waals surface area (Å²) >= 11 is 1.61. The van der Waals surface area contributed by atoms with Gasteiger partial charge in [0.2, 0.25) is 11.1 Å². The van der Waals surface area contributed by atoms with Gasteiger partial charge in [0, 0.05) is 11.4 Å². The predicted molar refractivity (Wildman–Crippen MR) is 169 cm³/mol. The van der Waals surface area contributed by atoms with Crippen LogP contribution in [0.1, 0.15) is 61.9 Å².